The van der Waals surface area contributed by atoms with Crippen LogP contribution in [0.25, 0.3) is 0 Å². The number of anilines is 1. The van der Waals surface area contributed by atoms with E-state index in [0.717, 1.165) is 0 Å². The molecule has 0 saturated carbocycles. The highest BCUT2D eigenvalue weighted by Crippen LogP contribution is 2.43. The lowest BCUT2D eigenvalue weighted by Gasteiger charge is -2.21. The Kier molecular flexibility index (Phi) is 8.32. The van der Waals surface area contributed by atoms with Crippen LogP contribution in [0.15, 0.2) is 42.6 Å². The van der Waals surface area contributed by atoms with Crippen LogP contribution >= 0.6 is 23.5 Å². The summed E-state index contributed by atoms with van der Waals surface area (Å²) < 4.78 is 16.4. The maximum absolute atomic E-state index is 12.1. The third-order valence-corrected chi connectivity index (χ3v) is 6.92. The van der Waals surface area contributed by atoms with Crippen molar-refractivity contribution in [1.82, 2.24) is 4.98 Å². The molecule has 1 N–H and O–H groups in total. The molecule has 1 aliphatic heterocycles. The third kappa shape index (κ3) is 6.61. The van der Waals surface area contributed by atoms with Gasteiger partial charge in [-0.25, -0.2) is 4.98 Å². The number of aromatic nitrogens is 1. The van der Waals surface area contributed by atoms with Gasteiger partial charge in [-0.05, 0) is 41.7 Å². The monoisotopic (exact) mass is 420 g/mol. The van der Waals surface area contributed by atoms with E-state index >= 15 is 0 Å². The van der Waals surface area contributed by atoms with Crippen molar-refractivity contribution in [1.29, 1.82) is 0 Å². The molecule has 0 unspecified atom stereocenters. The number of methoxy groups -OCH3 is 1. The van der Waals surface area contributed by atoms with Gasteiger partial charge < -0.3 is 19.5 Å². The number of hydrogen-bond donors (Lipinski definition) is 1. The first-order chi connectivity index (χ1) is 13.7. The van der Waals surface area contributed by atoms with E-state index in [1.807, 2.05) is 35.7 Å². The standard InChI is InChI=1S/C20H24N2O4S2/c1-24-9-10-25-19-8-5-16(13-21-19)22-18(23)14-26-17-6-3-15(4-7-17)20-27-11-2-12-28-20/h3-8,13,20H,2,9-12,14H2,1H3,(H,22,23). The fourth-order valence-electron chi connectivity index (χ4n) is 2.52. The van der Waals surface area contributed by atoms with Gasteiger partial charge in [0.25, 0.3) is 5.91 Å². The lowest BCUT2D eigenvalue weighted by atomic mass is 10.2. The van der Waals surface area contributed by atoms with Crippen molar-refractivity contribution >= 4 is 35.1 Å². The first-order valence-corrected chi connectivity index (χ1v) is 11.2. The Morgan fingerprint density at radius 2 is 1.89 bits per heavy atom. The van der Waals surface area contributed by atoms with Gasteiger partial charge in [-0.1, -0.05) is 12.1 Å². The molecule has 1 aliphatic rings. The zero-order valence-corrected chi connectivity index (χ0v) is 17.4. The molecule has 0 radical (unpaired) electrons. The summed E-state index contributed by atoms with van der Waals surface area (Å²) in [6.45, 7) is 0.870. The smallest absolute Gasteiger partial charge is 0.262 e. The average molecular weight is 421 g/mol. The summed E-state index contributed by atoms with van der Waals surface area (Å²) in [4.78, 5) is 16.2. The van der Waals surface area contributed by atoms with Crippen LogP contribution in [0, 0.1) is 0 Å². The van der Waals surface area contributed by atoms with Crippen LogP contribution in [0.4, 0.5) is 5.69 Å². The summed E-state index contributed by atoms with van der Waals surface area (Å²) in [6, 6.07) is 11.4. The van der Waals surface area contributed by atoms with Crippen molar-refractivity contribution < 1.29 is 19.0 Å². The van der Waals surface area contributed by atoms with E-state index in [2.05, 4.69) is 22.4 Å². The fraction of sp³-hybridized carbons (Fsp3) is 0.400. The van der Waals surface area contributed by atoms with Gasteiger partial charge in [0.05, 0.1) is 23.1 Å². The molecule has 1 amide bonds. The van der Waals surface area contributed by atoms with Gasteiger partial charge in [0.2, 0.25) is 5.88 Å². The largest absolute Gasteiger partial charge is 0.484 e. The van der Waals surface area contributed by atoms with Gasteiger partial charge in [0.15, 0.2) is 6.61 Å². The quantitative estimate of drug-likeness (QED) is 0.615. The minimum atomic E-state index is -0.239. The minimum absolute atomic E-state index is 0.0572. The van der Waals surface area contributed by atoms with Crippen LogP contribution < -0.4 is 14.8 Å². The number of benzene rings is 1. The van der Waals surface area contributed by atoms with Gasteiger partial charge in [0.1, 0.15) is 12.4 Å². The number of rotatable bonds is 9. The molecule has 3 rings (SSSR count). The van der Waals surface area contributed by atoms with Crippen LogP contribution in [0.2, 0.25) is 0 Å². The van der Waals surface area contributed by atoms with Crippen LogP contribution in [-0.2, 0) is 9.53 Å². The molecule has 0 aliphatic carbocycles. The predicted molar refractivity (Wildman–Crippen MR) is 114 cm³/mol. The fourth-order valence-corrected chi connectivity index (χ4v) is 5.41. The molecule has 2 heterocycles. The number of carbonyl (C=O) groups is 1. The van der Waals surface area contributed by atoms with E-state index in [1.54, 1.807) is 25.4 Å². The van der Waals surface area contributed by atoms with Crippen LogP contribution in [0.3, 0.4) is 0 Å². The zero-order chi connectivity index (χ0) is 19.6. The van der Waals surface area contributed by atoms with Crippen molar-refractivity contribution in [3.8, 4) is 11.6 Å². The Morgan fingerprint density at radius 1 is 1.11 bits per heavy atom. The average Bonchev–Trinajstić information content (AvgIpc) is 2.75. The highest BCUT2D eigenvalue weighted by molar-refractivity contribution is 8.16. The number of amides is 1. The van der Waals surface area contributed by atoms with Gasteiger partial charge in [0, 0.05) is 13.2 Å². The number of thioether (sulfide) groups is 2. The maximum atomic E-state index is 12.1. The highest BCUT2D eigenvalue weighted by atomic mass is 32.2. The summed E-state index contributed by atoms with van der Waals surface area (Å²) in [5.74, 6) is 3.36. The van der Waals surface area contributed by atoms with Gasteiger partial charge in [-0.3, -0.25) is 4.79 Å². The zero-order valence-electron chi connectivity index (χ0n) is 15.8. The van der Waals surface area contributed by atoms with E-state index in [9.17, 15) is 4.79 Å². The molecule has 0 bridgehead atoms. The molecule has 0 atom stereocenters. The van der Waals surface area contributed by atoms with Crippen molar-refractivity contribution in [2.24, 2.45) is 0 Å². The lowest BCUT2D eigenvalue weighted by Crippen LogP contribution is -2.20. The Bertz CT molecular complexity index is 735. The van der Waals surface area contributed by atoms with Gasteiger partial charge in [-0.2, -0.15) is 0 Å². The molecule has 28 heavy (non-hydrogen) atoms. The van der Waals surface area contributed by atoms with E-state index in [-0.39, 0.29) is 12.5 Å². The maximum Gasteiger partial charge on any atom is 0.262 e. The van der Waals surface area contributed by atoms with E-state index in [0.29, 0.717) is 35.1 Å². The normalized spacial score (nSPS) is 14.5. The predicted octanol–water partition coefficient (Wildman–Crippen LogP) is 3.99. The van der Waals surface area contributed by atoms with Crippen LogP contribution in [0.1, 0.15) is 16.6 Å². The second-order valence-electron chi connectivity index (χ2n) is 6.06. The number of ether oxygens (including phenoxy) is 3. The summed E-state index contributed by atoms with van der Waals surface area (Å²) in [5.41, 5.74) is 1.89. The molecule has 0 spiro atoms. The molecular weight excluding hydrogens is 396 g/mol. The summed E-state index contributed by atoms with van der Waals surface area (Å²) >= 11 is 3.97. The van der Waals surface area contributed by atoms with Crippen molar-refractivity contribution in [3.05, 3.63) is 48.2 Å². The summed E-state index contributed by atoms with van der Waals surface area (Å²) in [6.07, 6.45) is 2.83. The van der Waals surface area contributed by atoms with Crippen molar-refractivity contribution in [3.63, 3.8) is 0 Å². The Labute approximate surface area is 173 Å². The lowest BCUT2D eigenvalue weighted by molar-refractivity contribution is -0.118. The molecule has 8 heteroatoms. The summed E-state index contributed by atoms with van der Waals surface area (Å²) in [5, 5.41) is 2.76. The second-order valence-corrected chi connectivity index (χ2v) is 8.78. The van der Waals surface area contributed by atoms with Crippen molar-refractivity contribution in [2.75, 3.05) is 43.8 Å². The molecule has 1 aromatic heterocycles. The molecule has 6 nitrogen and oxygen atoms in total. The number of nitrogens with one attached hydrogen (secondary N) is 1. The van der Waals surface area contributed by atoms with Crippen LogP contribution in [0.5, 0.6) is 11.6 Å². The molecule has 150 valence electrons. The minimum Gasteiger partial charge on any atom is -0.484 e. The molecule has 2 aromatic rings. The topological polar surface area (TPSA) is 69.7 Å². The number of nitrogens with zero attached hydrogens (tertiary/aromatic N) is 1. The van der Waals surface area contributed by atoms with Gasteiger partial charge in [-0.15, -0.1) is 23.5 Å². The Morgan fingerprint density at radius 3 is 2.57 bits per heavy atom. The van der Waals surface area contributed by atoms with Gasteiger partial charge >= 0.3 is 0 Å². The van der Waals surface area contributed by atoms with E-state index in [4.69, 9.17) is 14.2 Å². The number of carbonyl (C=O) groups excluding carboxylic acids is 1. The Hall–Kier alpha value is -1.90. The van der Waals surface area contributed by atoms with E-state index in [1.165, 1.54) is 23.5 Å². The SMILES string of the molecule is COCCOc1ccc(NC(=O)COc2ccc(C3SCCCS3)cc2)cn1. The summed E-state index contributed by atoms with van der Waals surface area (Å²) in [7, 11) is 1.61. The first-order valence-electron chi connectivity index (χ1n) is 9.08. The molecule has 1 fully saturated rings. The van der Waals surface area contributed by atoms with Crippen molar-refractivity contribution in [2.45, 2.75) is 11.0 Å². The van der Waals surface area contributed by atoms with E-state index < -0.39 is 0 Å². The second kappa shape index (κ2) is 11.2. The third-order valence-electron chi connectivity index (χ3n) is 3.91. The molecular formula is C20H24N2O4S2. The number of hydrogen-bond acceptors (Lipinski definition) is 7. The number of pyridine rings is 1. The molecule has 1 saturated heterocycles. The Balaban J connectivity index is 1.42. The van der Waals surface area contributed by atoms with Crippen LogP contribution in [-0.4, -0.2) is 49.3 Å². The highest BCUT2D eigenvalue weighted by Gasteiger charge is 2.16. The molecule has 1 aromatic carbocycles. The first kappa shape index (κ1) is 20.8.